The molecule has 0 amide bonds. The van der Waals surface area contributed by atoms with Crippen molar-refractivity contribution in [3.63, 3.8) is 0 Å². The van der Waals surface area contributed by atoms with Crippen LogP contribution in [0.1, 0.15) is 12.8 Å². The van der Waals surface area contributed by atoms with Crippen molar-refractivity contribution in [2.45, 2.75) is 12.8 Å². The van der Waals surface area contributed by atoms with Gasteiger partial charge in [-0.05, 0) is 0 Å². The second-order valence-corrected chi connectivity index (χ2v) is 3.83. The van der Waals surface area contributed by atoms with E-state index in [9.17, 15) is 0 Å². The van der Waals surface area contributed by atoms with Gasteiger partial charge in [0.1, 0.15) is 0 Å². The molecule has 0 aromatic heterocycles. The van der Waals surface area contributed by atoms with E-state index in [-0.39, 0.29) is 12.6 Å². The van der Waals surface area contributed by atoms with E-state index in [4.69, 9.17) is 19.9 Å². The van der Waals surface area contributed by atoms with Gasteiger partial charge in [-0.1, -0.05) is 0 Å². The van der Waals surface area contributed by atoms with Crippen molar-refractivity contribution in [1.29, 1.82) is 5.26 Å². The molecule has 0 spiro atoms. The number of hydrogen-bond donors (Lipinski definition) is 3. The number of rotatable bonds is 3. The Morgan fingerprint density at radius 3 is 2.22 bits per heavy atom. The molecular formula is C4H10NO3P. The molecular weight excluding hydrogens is 141 g/mol. The van der Waals surface area contributed by atoms with Crippen molar-refractivity contribution in [3.05, 3.63) is 0 Å². The van der Waals surface area contributed by atoms with E-state index >= 15 is 0 Å². The average Bonchev–Trinajstić information content (AvgIpc) is 1.63. The van der Waals surface area contributed by atoms with E-state index in [0.717, 1.165) is 0 Å². The molecule has 0 fully saturated rings. The third-order valence-corrected chi connectivity index (χ3v) is 1.83. The molecule has 0 aliphatic rings. The number of unbranched alkanes of at least 4 members (excludes halogenated alkanes) is 1. The van der Waals surface area contributed by atoms with Gasteiger partial charge in [0, 0.05) is 0 Å². The van der Waals surface area contributed by atoms with Gasteiger partial charge in [0.05, 0.1) is 0 Å². The molecule has 4 nitrogen and oxygen atoms in total. The summed E-state index contributed by atoms with van der Waals surface area (Å²) < 4.78 is 0. The van der Waals surface area contributed by atoms with Crippen molar-refractivity contribution in [1.82, 2.24) is 0 Å². The van der Waals surface area contributed by atoms with Crippen LogP contribution in [-0.2, 0) is 0 Å². The SMILES string of the molecule is N#CCCC[PH](O)(O)O. The van der Waals surface area contributed by atoms with Gasteiger partial charge in [0.15, 0.2) is 0 Å². The van der Waals surface area contributed by atoms with Crippen LogP contribution in [0.3, 0.4) is 0 Å². The number of hydrogen-bond acceptors (Lipinski definition) is 4. The Balaban J connectivity index is 3.20. The van der Waals surface area contributed by atoms with E-state index < -0.39 is 7.94 Å². The van der Waals surface area contributed by atoms with Crippen LogP contribution in [0.25, 0.3) is 0 Å². The van der Waals surface area contributed by atoms with Crippen LogP contribution >= 0.6 is 7.94 Å². The van der Waals surface area contributed by atoms with Crippen LogP contribution in [0, 0.1) is 11.3 Å². The molecule has 0 aromatic carbocycles. The van der Waals surface area contributed by atoms with Gasteiger partial charge in [0.2, 0.25) is 0 Å². The Morgan fingerprint density at radius 1 is 1.33 bits per heavy atom. The second kappa shape index (κ2) is 3.76. The van der Waals surface area contributed by atoms with Crippen LogP contribution in [0.2, 0.25) is 0 Å². The first-order valence-corrected chi connectivity index (χ1v) is 4.65. The van der Waals surface area contributed by atoms with Gasteiger partial charge in [-0.15, -0.1) is 0 Å². The summed E-state index contributed by atoms with van der Waals surface area (Å²) >= 11 is 0. The Labute approximate surface area is 54.0 Å². The summed E-state index contributed by atoms with van der Waals surface area (Å²) in [6, 6.07) is 1.83. The van der Waals surface area contributed by atoms with Crippen molar-refractivity contribution in [3.8, 4) is 6.07 Å². The minimum atomic E-state index is -3.85. The van der Waals surface area contributed by atoms with Gasteiger partial charge in [0.25, 0.3) is 0 Å². The summed E-state index contributed by atoms with van der Waals surface area (Å²) in [6.45, 7) is 0. The zero-order chi connectivity index (χ0) is 7.33. The summed E-state index contributed by atoms with van der Waals surface area (Å²) in [5, 5.41) is 7.98. The Kier molecular flexibility index (Phi) is 3.67. The molecule has 0 aliphatic heterocycles. The predicted octanol–water partition coefficient (Wildman–Crippen LogP) is -0.238. The van der Waals surface area contributed by atoms with E-state index in [1.54, 1.807) is 0 Å². The first-order chi connectivity index (χ1) is 4.06. The fourth-order valence-electron chi connectivity index (χ4n) is 0.405. The maximum absolute atomic E-state index is 8.38. The summed E-state index contributed by atoms with van der Waals surface area (Å²) in [5.41, 5.74) is 0. The maximum atomic E-state index is 8.38. The molecule has 5 heteroatoms. The molecule has 0 aliphatic carbocycles. The normalized spacial score (nSPS) is 12.7. The number of nitrogens with zero attached hydrogens (tertiary/aromatic N) is 1. The molecule has 0 rings (SSSR count). The molecule has 54 valence electrons. The predicted molar refractivity (Wildman–Crippen MR) is 34.7 cm³/mol. The van der Waals surface area contributed by atoms with Crippen LogP contribution in [0.4, 0.5) is 0 Å². The molecule has 0 heterocycles. The van der Waals surface area contributed by atoms with E-state index in [0.29, 0.717) is 6.42 Å². The van der Waals surface area contributed by atoms with Crippen LogP contribution < -0.4 is 0 Å². The summed E-state index contributed by atoms with van der Waals surface area (Å²) in [5.74, 6) is 0. The monoisotopic (exact) mass is 151 g/mol. The molecule has 0 aromatic rings. The average molecular weight is 151 g/mol. The molecule has 0 saturated heterocycles. The standard InChI is InChI=1S/C4H10NO3P/c5-3-1-2-4-9(6,7)8/h6-9H,1-2,4H2. The zero-order valence-electron chi connectivity index (χ0n) is 4.91. The van der Waals surface area contributed by atoms with E-state index in [2.05, 4.69) is 0 Å². The fourth-order valence-corrected chi connectivity index (χ4v) is 1.06. The quantitative estimate of drug-likeness (QED) is 0.384. The van der Waals surface area contributed by atoms with Crippen LogP contribution in [0.5, 0.6) is 0 Å². The van der Waals surface area contributed by atoms with E-state index in [1.165, 1.54) is 0 Å². The van der Waals surface area contributed by atoms with E-state index in [1.807, 2.05) is 6.07 Å². The van der Waals surface area contributed by atoms with Gasteiger partial charge in [-0.2, -0.15) is 0 Å². The fraction of sp³-hybridized carbons (Fsp3) is 0.750. The third kappa shape index (κ3) is 7.80. The first-order valence-electron chi connectivity index (χ1n) is 2.60. The molecule has 0 bridgehead atoms. The van der Waals surface area contributed by atoms with Gasteiger partial charge >= 0.3 is 53.0 Å². The second-order valence-electron chi connectivity index (χ2n) is 1.79. The molecule has 9 heavy (non-hydrogen) atoms. The summed E-state index contributed by atoms with van der Waals surface area (Å²) in [4.78, 5) is 25.2. The first kappa shape index (κ1) is 8.80. The molecule has 0 saturated carbocycles. The van der Waals surface area contributed by atoms with Gasteiger partial charge in [-0.3, -0.25) is 0 Å². The topological polar surface area (TPSA) is 84.5 Å². The zero-order valence-corrected chi connectivity index (χ0v) is 5.91. The third-order valence-electron chi connectivity index (χ3n) is 0.801. The molecule has 0 atom stereocenters. The summed E-state index contributed by atoms with van der Waals surface area (Å²) in [6.07, 6.45) is 0.573. The minimum absolute atomic E-state index is 0.0411. The van der Waals surface area contributed by atoms with Gasteiger partial charge in [-0.25, -0.2) is 0 Å². The number of nitriles is 1. The molecule has 0 radical (unpaired) electrons. The molecule has 0 unspecified atom stereocenters. The Hall–Kier alpha value is -0.200. The van der Waals surface area contributed by atoms with Crippen LogP contribution in [0.15, 0.2) is 0 Å². The Morgan fingerprint density at radius 2 is 1.89 bits per heavy atom. The van der Waals surface area contributed by atoms with Crippen LogP contribution in [-0.4, -0.2) is 20.8 Å². The van der Waals surface area contributed by atoms with Gasteiger partial charge < -0.3 is 0 Å². The van der Waals surface area contributed by atoms with Crippen molar-refractivity contribution in [2.75, 3.05) is 6.16 Å². The summed E-state index contributed by atoms with van der Waals surface area (Å²) in [7, 11) is -3.85. The van der Waals surface area contributed by atoms with Crippen molar-refractivity contribution < 1.29 is 14.7 Å². The molecule has 3 N–H and O–H groups in total. The van der Waals surface area contributed by atoms with Crippen molar-refractivity contribution >= 4 is 7.94 Å². The van der Waals surface area contributed by atoms with Crippen molar-refractivity contribution in [2.24, 2.45) is 0 Å². The Bertz CT molecular complexity index is 114.